The average molecular weight is 415 g/mol. The maximum atomic E-state index is 12.9. The zero-order chi connectivity index (χ0) is 22.1. The Labute approximate surface area is 177 Å². The van der Waals surface area contributed by atoms with E-state index in [1.54, 1.807) is 45.5 Å². The molecule has 0 bridgehead atoms. The minimum atomic E-state index is -0.277. The van der Waals surface area contributed by atoms with Gasteiger partial charge in [0.15, 0.2) is 18.1 Å². The fraction of sp³-hybridized carbons (Fsp3) is 0.391. The molecule has 2 aromatic rings. The third kappa shape index (κ3) is 5.89. The van der Waals surface area contributed by atoms with E-state index in [0.717, 1.165) is 5.56 Å². The average Bonchev–Trinajstić information content (AvgIpc) is 2.76. The third-order valence-corrected chi connectivity index (χ3v) is 4.58. The summed E-state index contributed by atoms with van der Waals surface area (Å²) in [4.78, 5) is 26.3. The van der Waals surface area contributed by atoms with Crippen LogP contribution in [0.5, 0.6) is 17.2 Å². The molecule has 30 heavy (non-hydrogen) atoms. The number of para-hydroxylation sites is 1. The Morgan fingerprint density at radius 1 is 1.00 bits per heavy atom. The number of likely N-dealkylation sites (N-methyl/N-ethyl adjacent to an activating group) is 1. The molecule has 2 amide bonds. The number of nitrogens with zero attached hydrogens (tertiary/aromatic N) is 1. The van der Waals surface area contributed by atoms with Crippen LogP contribution in [-0.2, 0) is 4.79 Å². The lowest BCUT2D eigenvalue weighted by Crippen LogP contribution is -2.30. The number of hydrogen-bond donors (Lipinski definition) is 1. The summed E-state index contributed by atoms with van der Waals surface area (Å²) in [5.74, 6) is 1.30. The smallest absolute Gasteiger partial charge is 0.259 e. The molecule has 0 aliphatic carbocycles. The number of hydrogen-bond acceptors (Lipinski definition) is 5. The van der Waals surface area contributed by atoms with Gasteiger partial charge in [0.2, 0.25) is 0 Å². The Hall–Kier alpha value is -3.22. The van der Waals surface area contributed by atoms with Crippen LogP contribution in [-0.4, -0.2) is 51.1 Å². The van der Waals surface area contributed by atoms with Gasteiger partial charge in [0.25, 0.3) is 11.8 Å². The van der Waals surface area contributed by atoms with Gasteiger partial charge in [-0.05, 0) is 37.6 Å². The predicted molar refractivity (Wildman–Crippen MR) is 115 cm³/mol. The van der Waals surface area contributed by atoms with E-state index >= 15 is 0 Å². The molecule has 0 fully saturated rings. The van der Waals surface area contributed by atoms with Gasteiger partial charge < -0.3 is 24.4 Å². The Morgan fingerprint density at radius 2 is 1.73 bits per heavy atom. The van der Waals surface area contributed by atoms with E-state index in [0.29, 0.717) is 35.8 Å². The second-order valence-corrected chi connectivity index (χ2v) is 6.85. The van der Waals surface area contributed by atoms with Crippen molar-refractivity contribution in [1.82, 2.24) is 10.2 Å². The number of amides is 2. The van der Waals surface area contributed by atoms with Crippen molar-refractivity contribution in [2.75, 3.05) is 34.4 Å². The summed E-state index contributed by atoms with van der Waals surface area (Å²) in [6.07, 6.45) is 0.655. The van der Waals surface area contributed by atoms with Crippen molar-refractivity contribution in [3.05, 3.63) is 53.6 Å². The number of ether oxygens (including phenoxy) is 3. The number of nitrogens with one attached hydrogen (secondary N) is 1. The first-order chi connectivity index (χ1) is 14.4. The summed E-state index contributed by atoms with van der Waals surface area (Å²) in [6, 6.07) is 12.2. The van der Waals surface area contributed by atoms with Crippen LogP contribution in [0.1, 0.15) is 42.2 Å². The lowest BCUT2D eigenvalue weighted by Gasteiger charge is -2.21. The summed E-state index contributed by atoms with van der Waals surface area (Å²) in [6.45, 7) is 4.25. The maximum absolute atomic E-state index is 12.9. The molecule has 0 saturated heterocycles. The standard InChI is InChI=1S/C23H30N2O5/c1-6-18(17-10-8-9-11-19(17)30-15-22(26)25(3)4)24-23(27)16-12-13-20(28-5)21(14-16)29-7-2/h8-14,18H,6-7,15H2,1-5H3,(H,24,27). The Balaban J connectivity index is 2.20. The molecule has 1 N–H and O–H groups in total. The van der Waals surface area contributed by atoms with E-state index in [9.17, 15) is 9.59 Å². The van der Waals surface area contributed by atoms with E-state index < -0.39 is 0 Å². The van der Waals surface area contributed by atoms with Crippen LogP contribution in [0, 0.1) is 0 Å². The van der Waals surface area contributed by atoms with Crippen LogP contribution in [0.4, 0.5) is 0 Å². The monoisotopic (exact) mass is 414 g/mol. The van der Waals surface area contributed by atoms with Crippen molar-refractivity contribution >= 4 is 11.8 Å². The van der Waals surface area contributed by atoms with E-state index in [1.165, 1.54) is 4.90 Å². The molecule has 7 heteroatoms. The molecule has 0 aliphatic heterocycles. The third-order valence-electron chi connectivity index (χ3n) is 4.58. The maximum Gasteiger partial charge on any atom is 0.259 e. The highest BCUT2D eigenvalue weighted by atomic mass is 16.5. The number of carbonyl (C=O) groups is 2. The first kappa shape index (κ1) is 23.1. The molecule has 0 saturated carbocycles. The van der Waals surface area contributed by atoms with Crippen molar-refractivity contribution in [2.24, 2.45) is 0 Å². The van der Waals surface area contributed by atoms with Gasteiger partial charge in [-0.1, -0.05) is 25.1 Å². The zero-order valence-corrected chi connectivity index (χ0v) is 18.2. The number of methoxy groups -OCH3 is 1. The van der Waals surface area contributed by atoms with Crippen LogP contribution in [0.3, 0.4) is 0 Å². The molecule has 2 rings (SSSR count). The summed E-state index contributed by atoms with van der Waals surface area (Å²) >= 11 is 0. The zero-order valence-electron chi connectivity index (χ0n) is 18.2. The second kappa shape index (κ2) is 11.1. The molecule has 0 heterocycles. The minimum Gasteiger partial charge on any atom is -0.493 e. The Morgan fingerprint density at radius 3 is 2.37 bits per heavy atom. The van der Waals surface area contributed by atoms with Crippen molar-refractivity contribution in [3.63, 3.8) is 0 Å². The summed E-state index contributed by atoms with van der Waals surface area (Å²) in [7, 11) is 4.92. The summed E-state index contributed by atoms with van der Waals surface area (Å²) in [5, 5.41) is 3.05. The normalized spacial score (nSPS) is 11.4. The van der Waals surface area contributed by atoms with Gasteiger partial charge in [-0.15, -0.1) is 0 Å². The SMILES string of the molecule is CCOc1cc(C(=O)NC(CC)c2ccccc2OCC(=O)N(C)C)ccc1OC. The van der Waals surface area contributed by atoms with E-state index in [1.807, 2.05) is 32.0 Å². The molecule has 0 radical (unpaired) electrons. The molecular weight excluding hydrogens is 384 g/mol. The van der Waals surface area contributed by atoms with Gasteiger partial charge in [0.05, 0.1) is 19.8 Å². The van der Waals surface area contributed by atoms with Crippen LogP contribution >= 0.6 is 0 Å². The van der Waals surface area contributed by atoms with Crippen LogP contribution < -0.4 is 19.5 Å². The Bertz CT molecular complexity index is 866. The molecule has 2 aromatic carbocycles. The van der Waals surface area contributed by atoms with Crippen molar-refractivity contribution < 1.29 is 23.8 Å². The molecule has 1 unspecified atom stereocenters. The molecule has 0 aromatic heterocycles. The van der Waals surface area contributed by atoms with Crippen LogP contribution in [0.2, 0.25) is 0 Å². The highest BCUT2D eigenvalue weighted by Gasteiger charge is 2.19. The van der Waals surface area contributed by atoms with Crippen molar-refractivity contribution in [3.8, 4) is 17.2 Å². The second-order valence-electron chi connectivity index (χ2n) is 6.85. The molecular formula is C23H30N2O5. The first-order valence-electron chi connectivity index (χ1n) is 9.94. The molecule has 0 aliphatic rings. The Kier molecular flexibility index (Phi) is 8.53. The van der Waals surface area contributed by atoms with Crippen LogP contribution in [0.25, 0.3) is 0 Å². The number of benzene rings is 2. The number of rotatable bonds is 10. The highest BCUT2D eigenvalue weighted by molar-refractivity contribution is 5.95. The van der Waals surface area contributed by atoms with Gasteiger partial charge in [-0.25, -0.2) is 0 Å². The van der Waals surface area contributed by atoms with Gasteiger partial charge in [-0.3, -0.25) is 9.59 Å². The van der Waals surface area contributed by atoms with Gasteiger partial charge >= 0.3 is 0 Å². The molecule has 1 atom stereocenters. The lowest BCUT2D eigenvalue weighted by molar-refractivity contribution is -0.130. The summed E-state index contributed by atoms with van der Waals surface area (Å²) in [5.41, 5.74) is 1.29. The van der Waals surface area contributed by atoms with Gasteiger partial charge in [0.1, 0.15) is 5.75 Å². The fourth-order valence-corrected chi connectivity index (χ4v) is 2.90. The predicted octanol–water partition coefficient (Wildman–Crippen LogP) is 3.44. The molecule has 162 valence electrons. The largest absolute Gasteiger partial charge is 0.493 e. The highest BCUT2D eigenvalue weighted by Crippen LogP contribution is 2.30. The van der Waals surface area contributed by atoms with Gasteiger partial charge in [0, 0.05) is 25.2 Å². The van der Waals surface area contributed by atoms with E-state index in [-0.39, 0.29) is 24.5 Å². The quantitative estimate of drug-likeness (QED) is 0.644. The topological polar surface area (TPSA) is 77.1 Å². The van der Waals surface area contributed by atoms with E-state index in [4.69, 9.17) is 14.2 Å². The van der Waals surface area contributed by atoms with Crippen molar-refractivity contribution in [2.45, 2.75) is 26.3 Å². The molecule has 0 spiro atoms. The van der Waals surface area contributed by atoms with Crippen molar-refractivity contribution in [1.29, 1.82) is 0 Å². The first-order valence-corrected chi connectivity index (χ1v) is 9.94. The fourth-order valence-electron chi connectivity index (χ4n) is 2.90. The van der Waals surface area contributed by atoms with E-state index in [2.05, 4.69) is 5.32 Å². The molecule has 7 nitrogen and oxygen atoms in total. The minimum absolute atomic E-state index is 0.0649. The summed E-state index contributed by atoms with van der Waals surface area (Å²) < 4.78 is 16.6. The van der Waals surface area contributed by atoms with Gasteiger partial charge in [-0.2, -0.15) is 0 Å². The lowest BCUT2D eigenvalue weighted by atomic mass is 10.0. The van der Waals surface area contributed by atoms with Crippen LogP contribution in [0.15, 0.2) is 42.5 Å². The number of carbonyl (C=O) groups excluding carboxylic acids is 2.